The lowest BCUT2D eigenvalue weighted by molar-refractivity contribution is -0.167. The minimum Gasteiger partial charge on any atom is -0.462 e. The van der Waals surface area contributed by atoms with Crippen molar-refractivity contribution in [3.63, 3.8) is 0 Å². The van der Waals surface area contributed by atoms with E-state index < -0.39 is 6.10 Å². The summed E-state index contributed by atoms with van der Waals surface area (Å²) in [5, 5.41) is 0. The van der Waals surface area contributed by atoms with Gasteiger partial charge in [-0.2, -0.15) is 0 Å². The molecule has 0 rings (SSSR count). The molecule has 0 aromatic rings. The molecule has 472 valence electrons. The Hall–Kier alpha value is -4.45. The van der Waals surface area contributed by atoms with E-state index in [-0.39, 0.29) is 31.1 Å². The summed E-state index contributed by atoms with van der Waals surface area (Å²) < 4.78 is 17.0. The van der Waals surface area contributed by atoms with E-state index in [1.165, 1.54) is 148 Å². The smallest absolute Gasteiger partial charge is 0.306 e. The third-order valence-electron chi connectivity index (χ3n) is 14.6. The molecule has 0 aromatic heterocycles. The molecule has 0 N–H and O–H groups in total. The molecule has 0 bridgehead atoms. The Morgan fingerprint density at radius 2 is 0.470 bits per heavy atom. The quantitative estimate of drug-likeness (QED) is 0.0261. The molecule has 0 aliphatic carbocycles. The zero-order valence-corrected chi connectivity index (χ0v) is 54.2. The van der Waals surface area contributed by atoms with Crippen molar-refractivity contribution in [1.82, 2.24) is 0 Å². The fraction of sp³-hybridized carbons (Fsp3) is 0.675. The Kier molecular flexibility index (Phi) is 66.3. The van der Waals surface area contributed by atoms with Crippen LogP contribution in [-0.4, -0.2) is 37.2 Å². The summed E-state index contributed by atoms with van der Waals surface area (Å²) in [6.45, 7) is 6.49. The molecule has 0 heterocycles. The van der Waals surface area contributed by atoms with Gasteiger partial charge in [0, 0.05) is 19.3 Å². The van der Waals surface area contributed by atoms with Crippen LogP contribution in [0.5, 0.6) is 0 Å². The fourth-order valence-electron chi connectivity index (χ4n) is 9.43. The predicted molar refractivity (Wildman–Crippen MR) is 362 cm³/mol. The van der Waals surface area contributed by atoms with E-state index in [0.717, 1.165) is 128 Å². The van der Waals surface area contributed by atoms with Gasteiger partial charge in [-0.15, -0.1) is 0 Å². The number of esters is 3. The van der Waals surface area contributed by atoms with Gasteiger partial charge in [0.15, 0.2) is 6.10 Å². The lowest BCUT2D eigenvalue weighted by Gasteiger charge is -2.18. The van der Waals surface area contributed by atoms with Crippen molar-refractivity contribution in [2.45, 2.75) is 322 Å². The number of hydrogen-bond acceptors (Lipinski definition) is 6. The first-order valence-electron chi connectivity index (χ1n) is 34.7. The van der Waals surface area contributed by atoms with Crippen LogP contribution in [0, 0.1) is 0 Å². The molecule has 6 nitrogen and oxygen atoms in total. The maximum atomic E-state index is 13.0. The van der Waals surface area contributed by atoms with Gasteiger partial charge in [0.2, 0.25) is 0 Å². The first kappa shape index (κ1) is 78.5. The molecule has 0 aromatic carbocycles. The first-order chi connectivity index (χ1) is 41.0. The van der Waals surface area contributed by atoms with E-state index in [2.05, 4.69) is 154 Å². The summed E-state index contributed by atoms with van der Waals surface area (Å²) in [4.78, 5) is 38.5. The Morgan fingerprint density at radius 1 is 0.253 bits per heavy atom. The lowest BCUT2D eigenvalue weighted by atomic mass is 10.1. The maximum Gasteiger partial charge on any atom is 0.306 e. The van der Waals surface area contributed by atoms with E-state index in [0.29, 0.717) is 19.3 Å². The lowest BCUT2D eigenvalue weighted by Crippen LogP contribution is -2.30. The normalized spacial score (nSPS) is 13.0. The highest BCUT2D eigenvalue weighted by Crippen LogP contribution is 2.16. The van der Waals surface area contributed by atoms with Gasteiger partial charge in [-0.1, -0.05) is 289 Å². The Labute approximate surface area is 513 Å². The standard InChI is InChI=1S/C77H128O6/c1-4-7-10-13-16-19-22-25-28-31-33-34-35-36-37-38-39-40-41-42-44-46-49-52-55-58-61-64-67-70-76(79)82-73-74(72-81-75(78)69-66-63-60-57-54-51-48-45-30-27-24-21-18-15-12-9-6-3)83-77(80)71-68-65-62-59-56-53-50-47-43-32-29-26-23-20-17-14-11-8-5-2/h7,10,16-17,19-20,25-30,33-34,36-37,39-40,42,44,49,52,74H,4-6,8-9,11-15,18,21-24,31-32,35,38,41,43,45-48,50-51,53-73H2,1-3H3/b10-7-,19-16-,20-17-,28-25-,29-26-,30-27-,34-33-,37-36-,40-39-,44-42-,52-49-. The summed E-state index contributed by atoms with van der Waals surface area (Å²) in [6, 6.07) is 0. The van der Waals surface area contributed by atoms with Gasteiger partial charge in [0.25, 0.3) is 0 Å². The molecule has 0 saturated heterocycles. The minimum absolute atomic E-state index is 0.0924. The number of carbonyl (C=O) groups is 3. The Morgan fingerprint density at radius 3 is 0.771 bits per heavy atom. The van der Waals surface area contributed by atoms with Gasteiger partial charge in [0.05, 0.1) is 0 Å². The molecule has 0 aliphatic heterocycles. The molecule has 1 unspecified atom stereocenters. The molecule has 0 radical (unpaired) electrons. The molecule has 0 aliphatic rings. The molecular formula is C77H128O6. The number of ether oxygens (including phenoxy) is 3. The van der Waals surface area contributed by atoms with Crippen LogP contribution in [0.2, 0.25) is 0 Å². The van der Waals surface area contributed by atoms with Crippen molar-refractivity contribution >= 4 is 17.9 Å². The molecule has 0 amide bonds. The van der Waals surface area contributed by atoms with Crippen molar-refractivity contribution in [2.24, 2.45) is 0 Å². The third kappa shape index (κ3) is 68.2. The second-order valence-electron chi connectivity index (χ2n) is 22.7. The molecule has 83 heavy (non-hydrogen) atoms. The predicted octanol–water partition coefficient (Wildman–Crippen LogP) is 24.1. The van der Waals surface area contributed by atoms with Crippen LogP contribution in [0.15, 0.2) is 134 Å². The van der Waals surface area contributed by atoms with E-state index in [1.807, 2.05) is 0 Å². The molecular weight excluding hydrogens is 1020 g/mol. The first-order valence-corrected chi connectivity index (χ1v) is 34.7. The summed E-state index contributed by atoms with van der Waals surface area (Å²) in [6.07, 6.45) is 98.9. The molecule has 6 heteroatoms. The van der Waals surface area contributed by atoms with E-state index in [1.54, 1.807) is 0 Å². The number of allylic oxidation sites excluding steroid dienone is 22. The van der Waals surface area contributed by atoms with Crippen LogP contribution in [0.4, 0.5) is 0 Å². The second kappa shape index (κ2) is 70.0. The second-order valence-corrected chi connectivity index (χ2v) is 22.7. The highest BCUT2D eigenvalue weighted by atomic mass is 16.6. The summed E-state index contributed by atoms with van der Waals surface area (Å²) in [5.41, 5.74) is 0. The van der Waals surface area contributed by atoms with Crippen molar-refractivity contribution in [3.8, 4) is 0 Å². The average molecular weight is 1150 g/mol. The maximum absolute atomic E-state index is 13.0. The van der Waals surface area contributed by atoms with Gasteiger partial charge in [-0.25, -0.2) is 0 Å². The van der Waals surface area contributed by atoms with E-state index in [9.17, 15) is 14.4 Å². The Bertz CT molecular complexity index is 1750. The van der Waals surface area contributed by atoms with Crippen molar-refractivity contribution in [1.29, 1.82) is 0 Å². The van der Waals surface area contributed by atoms with E-state index >= 15 is 0 Å². The Balaban J connectivity index is 4.43. The fourth-order valence-corrected chi connectivity index (χ4v) is 9.43. The van der Waals surface area contributed by atoms with E-state index in [4.69, 9.17) is 14.2 Å². The third-order valence-corrected chi connectivity index (χ3v) is 14.6. The number of unbranched alkanes of at least 4 members (excludes halogenated alkanes) is 29. The highest BCUT2D eigenvalue weighted by molar-refractivity contribution is 5.71. The van der Waals surface area contributed by atoms with Gasteiger partial charge in [-0.3, -0.25) is 14.4 Å². The number of hydrogen-bond donors (Lipinski definition) is 0. The largest absolute Gasteiger partial charge is 0.462 e. The van der Waals surface area contributed by atoms with Crippen molar-refractivity contribution < 1.29 is 28.6 Å². The van der Waals surface area contributed by atoms with Crippen LogP contribution in [0.3, 0.4) is 0 Å². The van der Waals surface area contributed by atoms with Crippen LogP contribution in [-0.2, 0) is 28.6 Å². The summed E-state index contributed by atoms with van der Waals surface area (Å²) >= 11 is 0. The molecule has 0 spiro atoms. The topological polar surface area (TPSA) is 78.9 Å². The summed E-state index contributed by atoms with van der Waals surface area (Å²) in [7, 11) is 0. The molecule has 1 atom stereocenters. The van der Waals surface area contributed by atoms with Crippen LogP contribution in [0.25, 0.3) is 0 Å². The zero-order chi connectivity index (χ0) is 59.9. The van der Waals surface area contributed by atoms with Gasteiger partial charge < -0.3 is 14.2 Å². The van der Waals surface area contributed by atoms with Crippen molar-refractivity contribution in [3.05, 3.63) is 134 Å². The number of rotatable bonds is 62. The highest BCUT2D eigenvalue weighted by Gasteiger charge is 2.19. The summed E-state index contributed by atoms with van der Waals surface area (Å²) in [5.74, 6) is -0.919. The van der Waals surface area contributed by atoms with Gasteiger partial charge >= 0.3 is 17.9 Å². The molecule has 0 fully saturated rings. The van der Waals surface area contributed by atoms with Crippen LogP contribution in [0.1, 0.15) is 316 Å². The molecule has 0 saturated carbocycles. The SMILES string of the molecule is CC/C=C\C/C=C\C/C=C\C/C=C\C/C=C\C/C=C\C/C=C\C/C=C\CCCCCCC(=O)OCC(COC(=O)CCCCCCCCC/C=C\CCCCCCCC)OC(=O)CCCCCCCCCCC/C=C\C/C=C\CCCCC. The van der Waals surface area contributed by atoms with Crippen LogP contribution >= 0.6 is 0 Å². The minimum atomic E-state index is -0.799. The number of carbonyl (C=O) groups excluding carboxylic acids is 3. The monoisotopic (exact) mass is 1150 g/mol. The van der Waals surface area contributed by atoms with Crippen LogP contribution < -0.4 is 0 Å². The van der Waals surface area contributed by atoms with Gasteiger partial charge in [-0.05, 0) is 141 Å². The average Bonchev–Trinajstić information content (AvgIpc) is 3.49. The van der Waals surface area contributed by atoms with Gasteiger partial charge in [0.1, 0.15) is 13.2 Å². The zero-order valence-electron chi connectivity index (χ0n) is 54.2. The van der Waals surface area contributed by atoms with Crippen molar-refractivity contribution in [2.75, 3.05) is 13.2 Å².